The van der Waals surface area contributed by atoms with Gasteiger partial charge in [0.2, 0.25) is 0 Å². The molecule has 3 aliphatic rings. The van der Waals surface area contributed by atoms with Gasteiger partial charge in [-0.2, -0.15) is 9.61 Å². The molecule has 3 aromatic heterocycles. The van der Waals surface area contributed by atoms with Crippen LogP contribution in [0.4, 0.5) is 5.82 Å². The van der Waals surface area contributed by atoms with Crippen molar-refractivity contribution in [2.45, 2.75) is 62.4 Å². The van der Waals surface area contributed by atoms with Gasteiger partial charge in [-0.3, -0.25) is 9.78 Å². The second-order valence-corrected chi connectivity index (χ2v) is 12.4. The Morgan fingerprint density at radius 1 is 0.857 bits per heavy atom. The number of hydrogen-bond acceptors (Lipinski definition) is 5. The van der Waals surface area contributed by atoms with Gasteiger partial charge in [-0.1, -0.05) is 54.1 Å². The lowest BCUT2D eigenvalue weighted by Gasteiger charge is -2.39. The molecule has 2 N–H and O–H groups in total. The number of nitrogens with two attached hydrogens (primary N) is 1. The molecule has 5 aromatic rings. The summed E-state index contributed by atoms with van der Waals surface area (Å²) in [5, 5.41) is 5.28. The third-order valence-corrected chi connectivity index (χ3v) is 9.54. The highest BCUT2D eigenvalue weighted by molar-refractivity contribution is 6.31. The zero-order valence-corrected chi connectivity index (χ0v) is 23.9. The zero-order chi connectivity index (χ0) is 28.4. The lowest BCUT2D eigenvalue weighted by molar-refractivity contribution is 0.0569. The van der Waals surface area contributed by atoms with Crippen LogP contribution in [0, 0.1) is 0 Å². The molecule has 5 heterocycles. The van der Waals surface area contributed by atoms with E-state index < -0.39 is 0 Å². The van der Waals surface area contributed by atoms with Gasteiger partial charge in [-0.25, -0.2) is 4.98 Å². The lowest BCUT2D eigenvalue weighted by Crippen LogP contribution is -2.46. The summed E-state index contributed by atoms with van der Waals surface area (Å²) in [4.78, 5) is 25.8. The van der Waals surface area contributed by atoms with Crippen molar-refractivity contribution < 1.29 is 4.79 Å². The number of aromatic nitrogens is 4. The number of carbonyl (C=O) groups is 1. The molecule has 2 bridgehead atoms. The minimum absolute atomic E-state index is 0.0818. The van der Waals surface area contributed by atoms with Gasteiger partial charge >= 0.3 is 0 Å². The molecule has 0 spiro atoms. The fourth-order valence-corrected chi connectivity index (χ4v) is 7.38. The molecular formula is C34H31ClN6O. The van der Waals surface area contributed by atoms with Crippen LogP contribution in [0.5, 0.6) is 0 Å². The van der Waals surface area contributed by atoms with Gasteiger partial charge in [0.25, 0.3) is 5.91 Å². The largest absolute Gasteiger partial charge is 0.383 e. The highest BCUT2D eigenvalue weighted by atomic mass is 35.5. The summed E-state index contributed by atoms with van der Waals surface area (Å²) in [6, 6.07) is 22.0. The van der Waals surface area contributed by atoms with E-state index >= 15 is 0 Å². The van der Waals surface area contributed by atoms with Crippen LogP contribution >= 0.6 is 11.6 Å². The average molecular weight is 575 g/mol. The van der Waals surface area contributed by atoms with Crippen molar-refractivity contribution in [3.8, 4) is 22.4 Å². The molecule has 2 aliphatic heterocycles. The van der Waals surface area contributed by atoms with E-state index in [-0.39, 0.29) is 23.9 Å². The molecule has 1 saturated carbocycles. The number of anilines is 1. The maximum atomic E-state index is 13.6. The van der Waals surface area contributed by atoms with E-state index in [1.54, 1.807) is 6.07 Å². The fourth-order valence-electron chi connectivity index (χ4n) is 7.19. The standard InChI is InChI=1S/C34H31ClN6O/c35-25-8-4-7-22(15-25)34(42)40-26-12-13-27(40)17-24(16-26)31-30(21-9-10-21)32(36)41-33(39-31)28(19-38-41)23-11-14-29(37-18-23)20-5-2-1-3-6-20/h1-8,11,14-15,18-19,21,24,26-27H,9-10,12-13,16-17,36H2/t24-,26-,27+. The molecule has 7 nitrogen and oxygen atoms in total. The molecule has 1 amide bonds. The molecule has 3 atom stereocenters. The SMILES string of the molecule is Nc1c(C2CC2)c([C@@H]2C[C@H]3CC[C@@H](C2)N3C(=O)c2cccc(Cl)c2)nc2c(-c3ccc(-c4ccccc4)nc3)cnn12. The Labute approximate surface area is 249 Å². The normalized spacial score (nSPS) is 21.6. The number of halogens is 1. The fraction of sp³-hybridized carbons (Fsp3) is 0.294. The predicted molar refractivity (Wildman–Crippen MR) is 164 cm³/mol. The Morgan fingerprint density at radius 2 is 1.64 bits per heavy atom. The van der Waals surface area contributed by atoms with Gasteiger partial charge < -0.3 is 10.6 Å². The first-order valence-corrected chi connectivity index (χ1v) is 15.2. The molecule has 8 heteroatoms. The minimum Gasteiger partial charge on any atom is -0.383 e. The summed E-state index contributed by atoms with van der Waals surface area (Å²) in [5.41, 5.74) is 14.5. The van der Waals surface area contributed by atoms with Crippen LogP contribution in [0.1, 0.15) is 72.0 Å². The molecule has 1 aliphatic carbocycles. The van der Waals surface area contributed by atoms with Gasteiger partial charge in [0.15, 0.2) is 5.65 Å². The monoisotopic (exact) mass is 574 g/mol. The second-order valence-electron chi connectivity index (χ2n) is 11.9. The van der Waals surface area contributed by atoms with Crippen LogP contribution in [0.3, 0.4) is 0 Å². The first-order valence-electron chi connectivity index (χ1n) is 14.8. The van der Waals surface area contributed by atoms with Crippen LogP contribution in [-0.2, 0) is 0 Å². The van der Waals surface area contributed by atoms with Crippen molar-refractivity contribution >= 4 is 29.0 Å². The summed E-state index contributed by atoms with van der Waals surface area (Å²) >= 11 is 6.22. The van der Waals surface area contributed by atoms with Crippen molar-refractivity contribution in [1.82, 2.24) is 24.5 Å². The number of carbonyl (C=O) groups excluding carboxylic acids is 1. The number of hydrogen-bond donors (Lipinski definition) is 1. The van der Waals surface area contributed by atoms with E-state index in [0.29, 0.717) is 22.3 Å². The number of nitrogens with zero attached hydrogens (tertiary/aromatic N) is 5. The van der Waals surface area contributed by atoms with E-state index in [4.69, 9.17) is 27.3 Å². The summed E-state index contributed by atoms with van der Waals surface area (Å²) in [7, 11) is 0. The van der Waals surface area contributed by atoms with Crippen LogP contribution in [0.25, 0.3) is 28.0 Å². The van der Waals surface area contributed by atoms with Gasteiger partial charge in [0, 0.05) is 57.0 Å². The van der Waals surface area contributed by atoms with Crippen molar-refractivity contribution in [3.63, 3.8) is 0 Å². The number of piperidine rings is 1. The Morgan fingerprint density at radius 3 is 2.33 bits per heavy atom. The Hall–Kier alpha value is -4.23. The Balaban J connectivity index is 1.15. The molecule has 0 unspecified atom stereocenters. The van der Waals surface area contributed by atoms with Crippen molar-refractivity contribution in [2.75, 3.05) is 5.73 Å². The number of nitrogen functional groups attached to an aromatic ring is 1. The molecule has 3 fully saturated rings. The Bertz CT molecular complexity index is 1800. The number of pyridine rings is 1. The first-order chi connectivity index (χ1) is 20.5. The van der Waals surface area contributed by atoms with Gasteiger partial charge in [-0.15, -0.1) is 0 Å². The van der Waals surface area contributed by atoms with Crippen molar-refractivity contribution in [2.24, 2.45) is 0 Å². The third kappa shape index (κ3) is 4.26. The van der Waals surface area contributed by atoms with Crippen LogP contribution in [0.15, 0.2) is 79.1 Å². The van der Waals surface area contributed by atoms with Crippen LogP contribution < -0.4 is 5.73 Å². The van der Waals surface area contributed by atoms with E-state index in [2.05, 4.69) is 28.2 Å². The topological polar surface area (TPSA) is 89.4 Å². The quantitative estimate of drug-likeness (QED) is 0.241. The number of amides is 1. The van der Waals surface area contributed by atoms with E-state index in [0.717, 1.165) is 77.8 Å². The summed E-state index contributed by atoms with van der Waals surface area (Å²) in [6.07, 6.45) is 9.82. The highest BCUT2D eigenvalue weighted by Crippen LogP contribution is 2.50. The van der Waals surface area contributed by atoms with Crippen LogP contribution in [-0.4, -0.2) is 42.5 Å². The van der Waals surface area contributed by atoms with E-state index in [1.165, 1.54) is 0 Å². The molecular weight excluding hydrogens is 544 g/mol. The van der Waals surface area contributed by atoms with Crippen molar-refractivity contribution in [1.29, 1.82) is 0 Å². The molecule has 8 rings (SSSR count). The maximum Gasteiger partial charge on any atom is 0.254 e. The predicted octanol–water partition coefficient (Wildman–Crippen LogP) is 7.12. The first kappa shape index (κ1) is 25.5. The maximum absolute atomic E-state index is 13.6. The molecule has 2 aromatic carbocycles. The molecule has 2 saturated heterocycles. The highest BCUT2D eigenvalue weighted by Gasteiger charge is 2.46. The minimum atomic E-state index is 0.0818. The second kappa shape index (κ2) is 9.95. The van der Waals surface area contributed by atoms with Crippen molar-refractivity contribution in [3.05, 3.63) is 101 Å². The smallest absolute Gasteiger partial charge is 0.254 e. The van der Waals surface area contributed by atoms with Gasteiger partial charge in [0.05, 0.1) is 17.6 Å². The van der Waals surface area contributed by atoms with Crippen LogP contribution in [0.2, 0.25) is 5.02 Å². The lowest BCUT2D eigenvalue weighted by atomic mass is 9.84. The number of fused-ring (bicyclic) bond motifs is 3. The number of benzene rings is 2. The average Bonchev–Trinajstić information content (AvgIpc) is 3.71. The summed E-state index contributed by atoms with van der Waals surface area (Å²) in [5.74, 6) is 1.45. The van der Waals surface area contributed by atoms with E-state index in [9.17, 15) is 4.79 Å². The van der Waals surface area contributed by atoms with Gasteiger partial charge in [0.1, 0.15) is 5.82 Å². The zero-order valence-electron chi connectivity index (χ0n) is 23.2. The van der Waals surface area contributed by atoms with Gasteiger partial charge in [-0.05, 0) is 68.7 Å². The van der Waals surface area contributed by atoms with E-state index in [1.807, 2.05) is 59.4 Å². The third-order valence-electron chi connectivity index (χ3n) is 9.31. The molecule has 42 heavy (non-hydrogen) atoms. The number of rotatable bonds is 5. The molecule has 210 valence electrons. The summed E-state index contributed by atoms with van der Waals surface area (Å²) in [6.45, 7) is 0. The Kier molecular flexibility index (Phi) is 6.03. The summed E-state index contributed by atoms with van der Waals surface area (Å²) < 4.78 is 1.81. The molecule has 0 radical (unpaired) electrons.